The molecule has 0 N–H and O–H groups in total. The summed E-state index contributed by atoms with van der Waals surface area (Å²) in [5.41, 5.74) is 1.20. The van der Waals surface area contributed by atoms with E-state index in [-0.39, 0.29) is 0 Å². The zero-order valence-electron chi connectivity index (χ0n) is 7.10. The van der Waals surface area contributed by atoms with Crippen LogP contribution in [0.15, 0.2) is 36.4 Å². The Morgan fingerprint density at radius 1 is 1.23 bits per heavy atom. The smallest absolute Gasteiger partial charge is 0.199 e. The van der Waals surface area contributed by atoms with Crippen LogP contribution in [0, 0.1) is 0 Å². The van der Waals surface area contributed by atoms with Crippen molar-refractivity contribution in [2.75, 3.05) is 6.61 Å². The Balaban J connectivity index is 2.42. The molecule has 2 heterocycles. The molecule has 1 aliphatic heterocycles. The molecule has 3 rings (SSSR count). The first kappa shape index (κ1) is 6.78. The van der Waals surface area contributed by atoms with Gasteiger partial charge in [0.05, 0.1) is 5.52 Å². The lowest BCUT2D eigenvalue weighted by Gasteiger charge is -2.10. The maximum absolute atomic E-state index is 5.48. The van der Waals surface area contributed by atoms with E-state index in [0.717, 1.165) is 5.88 Å². The highest BCUT2D eigenvalue weighted by atomic mass is 16.5. The number of ether oxygens (including phenoxy) is 1. The van der Waals surface area contributed by atoms with Crippen LogP contribution in [0.1, 0.15) is 0 Å². The van der Waals surface area contributed by atoms with Crippen molar-refractivity contribution in [1.29, 1.82) is 0 Å². The Bertz CT molecular complexity index is 482. The quantitative estimate of drug-likeness (QED) is 0.594. The molecule has 0 spiro atoms. The maximum Gasteiger partial charge on any atom is 0.199 e. The fourth-order valence-electron chi connectivity index (χ4n) is 1.70. The van der Waals surface area contributed by atoms with E-state index in [1.54, 1.807) is 0 Å². The van der Waals surface area contributed by atoms with Crippen LogP contribution >= 0.6 is 0 Å². The third-order valence-corrected chi connectivity index (χ3v) is 2.29. The average molecular weight is 171 g/mol. The lowest BCUT2D eigenvalue weighted by Crippen LogP contribution is -2.03. The van der Waals surface area contributed by atoms with Crippen LogP contribution in [-0.4, -0.2) is 11.2 Å². The number of rotatable bonds is 0. The van der Waals surface area contributed by atoms with E-state index in [2.05, 4.69) is 29.0 Å². The topological polar surface area (TPSA) is 14.2 Å². The van der Waals surface area contributed by atoms with Gasteiger partial charge in [0.2, 0.25) is 0 Å². The summed E-state index contributed by atoms with van der Waals surface area (Å²) in [7, 11) is 0. The molecule has 2 heteroatoms. The Kier molecular flexibility index (Phi) is 1.25. The molecule has 13 heavy (non-hydrogen) atoms. The summed E-state index contributed by atoms with van der Waals surface area (Å²) in [5.74, 6) is 0.934. The van der Waals surface area contributed by atoms with Gasteiger partial charge in [-0.25, -0.2) is 0 Å². The van der Waals surface area contributed by atoms with Crippen molar-refractivity contribution in [2.24, 2.45) is 0 Å². The highest BCUT2D eigenvalue weighted by Gasteiger charge is 2.08. The second-order valence-corrected chi connectivity index (χ2v) is 3.11. The fraction of sp³-hybridized carbons (Fsp3) is 0.0909. The van der Waals surface area contributed by atoms with Gasteiger partial charge in [-0.3, -0.25) is 4.57 Å². The molecule has 0 saturated heterocycles. The van der Waals surface area contributed by atoms with Gasteiger partial charge in [0.15, 0.2) is 5.88 Å². The Labute approximate surface area is 76.0 Å². The van der Waals surface area contributed by atoms with Crippen molar-refractivity contribution in [1.82, 2.24) is 4.57 Å². The normalized spacial score (nSPS) is 14.2. The number of nitrogens with zero attached hydrogens (tertiary/aromatic N) is 1. The minimum absolute atomic E-state index is 0.677. The Morgan fingerprint density at radius 3 is 3.15 bits per heavy atom. The monoisotopic (exact) mass is 171 g/mol. The minimum Gasteiger partial charge on any atom is -0.474 e. The SMILES string of the molecule is C1=Cn2c(cc3ccccc32)OC1. The van der Waals surface area contributed by atoms with Crippen LogP contribution in [0.4, 0.5) is 0 Å². The summed E-state index contributed by atoms with van der Waals surface area (Å²) in [6.45, 7) is 0.677. The van der Waals surface area contributed by atoms with E-state index >= 15 is 0 Å². The van der Waals surface area contributed by atoms with Crippen molar-refractivity contribution in [3.63, 3.8) is 0 Å². The Hall–Kier alpha value is -1.70. The van der Waals surface area contributed by atoms with Gasteiger partial charge in [-0.2, -0.15) is 0 Å². The number of hydrogen-bond acceptors (Lipinski definition) is 1. The molecule has 1 aromatic carbocycles. The van der Waals surface area contributed by atoms with Gasteiger partial charge in [-0.1, -0.05) is 18.2 Å². The molecule has 1 aromatic heterocycles. The predicted octanol–water partition coefficient (Wildman–Crippen LogP) is 2.50. The summed E-state index contributed by atoms with van der Waals surface area (Å²) < 4.78 is 7.55. The van der Waals surface area contributed by atoms with Gasteiger partial charge < -0.3 is 4.74 Å². The molecule has 0 saturated carbocycles. The zero-order chi connectivity index (χ0) is 8.67. The number of para-hydroxylation sites is 1. The van der Waals surface area contributed by atoms with Gasteiger partial charge in [0, 0.05) is 17.7 Å². The van der Waals surface area contributed by atoms with E-state index in [1.165, 1.54) is 10.9 Å². The van der Waals surface area contributed by atoms with Crippen LogP contribution in [-0.2, 0) is 0 Å². The first-order valence-corrected chi connectivity index (χ1v) is 4.34. The largest absolute Gasteiger partial charge is 0.474 e. The van der Waals surface area contributed by atoms with E-state index in [1.807, 2.05) is 18.2 Å². The van der Waals surface area contributed by atoms with E-state index in [9.17, 15) is 0 Å². The number of aromatic nitrogens is 1. The average Bonchev–Trinajstić information content (AvgIpc) is 2.56. The van der Waals surface area contributed by atoms with Crippen molar-refractivity contribution in [3.05, 3.63) is 36.4 Å². The second-order valence-electron chi connectivity index (χ2n) is 3.11. The summed E-state index contributed by atoms with van der Waals surface area (Å²) in [6.07, 6.45) is 4.07. The van der Waals surface area contributed by atoms with Crippen LogP contribution < -0.4 is 4.74 Å². The molecule has 0 fully saturated rings. The van der Waals surface area contributed by atoms with Crippen molar-refractivity contribution in [2.45, 2.75) is 0 Å². The van der Waals surface area contributed by atoms with Gasteiger partial charge in [0.1, 0.15) is 6.61 Å². The molecule has 0 bridgehead atoms. The minimum atomic E-state index is 0.677. The van der Waals surface area contributed by atoms with Gasteiger partial charge >= 0.3 is 0 Å². The maximum atomic E-state index is 5.48. The third-order valence-electron chi connectivity index (χ3n) is 2.29. The molecule has 0 amide bonds. The molecule has 64 valence electrons. The van der Waals surface area contributed by atoms with Crippen molar-refractivity contribution >= 4 is 17.1 Å². The van der Waals surface area contributed by atoms with Crippen LogP contribution in [0.3, 0.4) is 0 Å². The standard InChI is InChI=1S/C11H9NO/c1-2-5-10-9(4-1)8-11-12(10)6-3-7-13-11/h1-6,8H,7H2. The van der Waals surface area contributed by atoms with Gasteiger partial charge in [-0.05, 0) is 12.1 Å². The molecule has 2 aromatic rings. The molecule has 0 radical (unpaired) electrons. The fourth-order valence-corrected chi connectivity index (χ4v) is 1.70. The summed E-state index contributed by atoms with van der Waals surface area (Å²) in [6, 6.07) is 10.3. The van der Waals surface area contributed by atoms with Crippen LogP contribution in [0.25, 0.3) is 17.1 Å². The highest BCUT2D eigenvalue weighted by Crippen LogP contribution is 2.27. The van der Waals surface area contributed by atoms with Crippen molar-refractivity contribution in [3.8, 4) is 5.88 Å². The first-order chi connectivity index (χ1) is 6.45. The molecule has 1 aliphatic rings. The summed E-state index contributed by atoms with van der Waals surface area (Å²) in [5, 5.41) is 1.23. The number of benzene rings is 1. The van der Waals surface area contributed by atoms with Gasteiger partial charge in [-0.15, -0.1) is 0 Å². The Morgan fingerprint density at radius 2 is 2.15 bits per heavy atom. The number of hydrogen-bond donors (Lipinski definition) is 0. The molecule has 2 nitrogen and oxygen atoms in total. The number of fused-ring (bicyclic) bond motifs is 3. The van der Waals surface area contributed by atoms with E-state index in [4.69, 9.17) is 4.74 Å². The lowest BCUT2D eigenvalue weighted by molar-refractivity contribution is 0.338. The predicted molar refractivity (Wildman–Crippen MR) is 52.8 cm³/mol. The third kappa shape index (κ3) is 0.886. The van der Waals surface area contributed by atoms with E-state index in [0.29, 0.717) is 6.61 Å². The van der Waals surface area contributed by atoms with Crippen molar-refractivity contribution < 1.29 is 4.74 Å². The molecule has 0 aliphatic carbocycles. The van der Waals surface area contributed by atoms with Crippen LogP contribution in [0.2, 0.25) is 0 Å². The highest BCUT2D eigenvalue weighted by molar-refractivity contribution is 5.84. The second kappa shape index (κ2) is 2.39. The zero-order valence-corrected chi connectivity index (χ0v) is 7.10. The van der Waals surface area contributed by atoms with E-state index < -0.39 is 0 Å². The lowest BCUT2D eigenvalue weighted by atomic mass is 10.2. The molecule has 0 unspecified atom stereocenters. The first-order valence-electron chi connectivity index (χ1n) is 4.34. The summed E-state index contributed by atoms with van der Waals surface area (Å²) in [4.78, 5) is 0. The van der Waals surface area contributed by atoms with Crippen LogP contribution in [0.5, 0.6) is 5.88 Å². The molecular formula is C11H9NO. The summed E-state index contributed by atoms with van der Waals surface area (Å²) >= 11 is 0. The molecule has 0 atom stereocenters. The molecular weight excluding hydrogens is 162 g/mol. The van der Waals surface area contributed by atoms with Gasteiger partial charge in [0.25, 0.3) is 0 Å².